The minimum absolute atomic E-state index is 0.289. The van der Waals surface area contributed by atoms with E-state index in [-0.39, 0.29) is 5.41 Å². The second kappa shape index (κ2) is 3.82. The van der Waals surface area contributed by atoms with Gasteiger partial charge in [-0.2, -0.15) is 0 Å². The van der Waals surface area contributed by atoms with Crippen LogP contribution in [0.2, 0.25) is 0 Å². The molecule has 1 fully saturated rings. The predicted octanol–water partition coefficient (Wildman–Crippen LogP) is 2.23. The second-order valence-corrected chi connectivity index (χ2v) is 6.16. The smallest absolute Gasteiger partial charge is 0.0476 e. The summed E-state index contributed by atoms with van der Waals surface area (Å²) in [5.74, 6) is 0. The van der Waals surface area contributed by atoms with E-state index in [4.69, 9.17) is 0 Å². The fraction of sp³-hybridized carbons (Fsp3) is 0.600. The molecule has 1 aromatic carbocycles. The van der Waals surface area contributed by atoms with Crippen molar-refractivity contribution in [3.05, 3.63) is 34.9 Å². The van der Waals surface area contributed by atoms with Gasteiger partial charge in [0.25, 0.3) is 0 Å². The Hall–Kier alpha value is -0.860. The maximum absolute atomic E-state index is 3.53. The number of piperazine rings is 1. The summed E-state index contributed by atoms with van der Waals surface area (Å²) in [5.41, 5.74) is 4.77. The highest BCUT2D eigenvalue weighted by molar-refractivity contribution is 5.41. The molecular formula is C15H22N2. The van der Waals surface area contributed by atoms with Crippen molar-refractivity contribution < 1.29 is 0 Å². The van der Waals surface area contributed by atoms with Crippen molar-refractivity contribution in [1.29, 1.82) is 0 Å². The van der Waals surface area contributed by atoms with Gasteiger partial charge in [0.1, 0.15) is 0 Å². The van der Waals surface area contributed by atoms with Crippen molar-refractivity contribution in [2.45, 2.75) is 32.2 Å². The second-order valence-electron chi connectivity index (χ2n) is 6.16. The molecule has 0 radical (unpaired) electrons. The van der Waals surface area contributed by atoms with Crippen LogP contribution in [0.4, 0.5) is 0 Å². The van der Waals surface area contributed by atoms with Gasteiger partial charge in [0.2, 0.25) is 0 Å². The summed E-state index contributed by atoms with van der Waals surface area (Å²) < 4.78 is 0. The average Bonchev–Trinajstić information content (AvgIpc) is 2.28. The molecule has 3 rings (SSSR count). The van der Waals surface area contributed by atoms with Crippen molar-refractivity contribution in [3.8, 4) is 0 Å². The first-order chi connectivity index (χ1) is 8.08. The van der Waals surface area contributed by atoms with Crippen molar-refractivity contribution in [3.63, 3.8) is 0 Å². The van der Waals surface area contributed by atoms with Gasteiger partial charge in [-0.05, 0) is 18.1 Å². The highest BCUT2D eigenvalue weighted by Crippen LogP contribution is 2.40. The Morgan fingerprint density at radius 1 is 1.35 bits per heavy atom. The molecule has 2 nitrogen and oxygen atoms in total. The standard InChI is InChI=1S/C15H22N2/c1-11-4-5-13-12(8-11)14-9-16-6-7-17(14)10-15(13,2)3/h4-5,8,14,16H,6-7,9-10H2,1-3H3. The maximum atomic E-state index is 3.53. The van der Waals surface area contributed by atoms with Crippen LogP contribution >= 0.6 is 0 Å². The minimum atomic E-state index is 0.289. The third-order valence-electron chi connectivity index (χ3n) is 4.25. The van der Waals surface area contributed by atoms with E-state index in [1.54, 1.807) is 11.1 Å². The van der Waals surface area contributed by atoms with Gasteiger partial charge >= 0.3 is 0 Å². The van der Waals surface area contributed by atoms with Crippen molar-refractivity contribution in [2.24, 2.45) is 0 Å². The summed E-state index contributed by atoms with van der Waals surface area (Å²) in [5, 5.41) is 3.53. The van der Waals surface area contributed by atoms with Gasteiger partial charge in [-0.3, -0.25) is 4.90 Å². The zero-order valence-corrected chi connectivity index (χ0v) is 11.1. The molecule has 0 bridgehead atoms. The molecule has 0 spiro atoms. The summed E-state index contributed by atoms with van der Waals surface area (Å²) in [4.78, 5) is 2.65. The van der Waals surface area contributed by atoms with E-state index in [0.717, 1.165) is 13.1 Å². The highest BCUT2D eigenvalue weighted by Gasteiger charge is 2.38. The summed E-state index contributed by atoms with van der Waals surface area (Å²) in [6, 6.07) is 7.58. The van der Waals surface area contributed by atoms with Crippen LogP contribution in [0, 0.1) is 6.92 Å². The molecule has 0 amide bonds. The predicted molar refractivity (Wildman–Crippen MR) is 71.4 cm³/mol. The number of hydrogen-bond donors (Lipinski definition) is 1. The normalized spacial score (nSPS) is 27.4. The first-order valence-electron chi connectivity index (χ1n) is 6.64. The van der Waals surface area contributed by atoms with Crippen LogP contribution in [-0.2, 0) is 5.41 Å². The fourth-order valence-electron chi connectivity index (χ4n) is 3.41. The summed E-state index contributed by atoms with van der Waals surface area (Å²) in [6.45, 7) is 11.6. The van der Waals surface area contributed by atoms with Gasteiger partial charge in [0.05, 0.1) is 0 Å². The van der Waals surface area contributed by atoms with E-state index in [9.17, 15) is 0 Å². The van der Waals surface area contributed by atoms with Crippen LogP contribution in [0.5, 0.6) is 0 Å². The third kappa shape index (κ3) is 1.80. The van der Waals surface area contributed by atoms with E-state index < -0.39 is 0 Å². The van der Waals surface area contributed by atoms with Gasteiger partial charge in [-0.25, -0.2) is 0 Å². The molecule has 0 aromatic heterocycles. The third-order valence-corrected chi connectivity index (χ3v) is 4.25. The zero-order valence-electron chi connectivity index (χ0n) is 11.1. The first-order valence-corrected chi connectivity index (χ1v) is 6.64. The molecule has 1 unspecified atom stereocenters. The van der Waals surface area contributed by atoms with Gasteiger partial charge in [0.15, 0.2) is 0 Å². The van der Waals surface area contributed by atoms with Crippen molar-refractivity contribution in [2.75, 3.05) is 26.2 Å². The van der Waals surface area contributed by atoms with E-state index in [0.29, 0.717) is 6.04 Å². The molecule has 92 valence electrons. The molecule has 1 saturated heterocycles. The Balaban J connectivity index is 2.11. The van der Waals surface area contributed by atoms with Crippen LogP contribution in [0.15, 0.2) is 18.2 Å². The molecule has 1 aromatic rings. The minimum Gasteiger partial charge on any atom is -0.314 e. The lowest BCUT2D eigenvalue weighted by molar-refractivity contribution is 0.114. The van der Waals surface area contributed by atoms with Gasteiger partial charge in [-0.15, -0.1) is 0 Å². The molecule has 1 atom stereocenters. The van der Waals surface area contributed by atoms with E-state index in [1.165, 1.54) is 18.7 Å². The number of hydrogen-bond acceptors (Lipinski definition) is 2. The van der Waals surface area contributed by atoms with Gasteiger partial charge < -0.3 is 5.32 Å². The lowest BCUT2D eigenvalue weighted by Crippen LogP contribution is -2.53. The van der Waals surface area contributed by atoms with E-state index in [2.05, 4.69) is 49.2 Å². The fourth-order valence-corrected chi connectivity index (χ4v) is 3.41. The largest absolute Gasteiger partial charge is 0.314 e. The lowest BCUT2D eigenvalue weighted by atomic mass is 9.75. The quantitative estimate of drug-likeness (QED) is 0.735. The SMILES string of the molecule is Cc1ccc2c(c1)C1CNCCN1CC2(C)C. The maximum Gasteiger partial charge on any atom is 0.0476 e. The topological polar surface area (TPSA) is 15.3 Å². The van der Waals surface area contributed by atoms with Crippen LogP contribution in [0.25, 0.3) is 0 Å². The van der Waals surface area contributed by atoms with Crippen LogP contribution in [-0.4, -0.2) is 31.1 Å². The highest BCUT2D eigenvalue weighted by atomic mass is 15.2. The number of rotatable bonds is 0. The van der Waals surface area contributed by atoms with Crippen molar-refractivity contribution in [1.82, 2.24) is 10.2 Å². The number of aryl methyl sites for hydroxylation is 1. The lowest BCUT2D eigenvalue weighted by Gasteiger charge is -2.47. The molecular weight excluding hydrogens is 208 g/mol. The molecule has 0 saturated carbocycles. The van der Waals surface area contributed by atoms with E-state index in [1.807, 2.05) is 0 Å². The van der Waals surface area contributed by atoms with Gasteiger partial charge in [-0.1, -0.05) is 37.6 Å². The molecule has 2 aliphatic heterocycles. The number of nitrogens with zero attached hydrogens (tertiary/aromatic N) is 1. The molecule has 2 heteroatoms. The summed E-state index contributed by atoms with van der Waals surface area (Å²) in [7, 11) is 0. The van der Waals surface area contributed by atoms with E-state index >= 15 is 0 Å². The summed E-state index contributed by atoms with van der Waals surface area (Å²) >= 11 is 0. The zero-order chi connectivity index (χ0) is 12.0. The Morgan fingerprint density at radius 3 is 3.00 bits per heavy atom. The molecule has 1 N–H and O–H groups in total. The van der Waals surface area contributed by atoms with Crippen molar-refractivity contribution >= 4 is 0 Å². The van der Waals surface area contributed by atoms with Crippen LogP contribution in [0.1, 0.15) is 36.6 Å². The average molecular weight is 230 g/mol. The monoisotopic (exact) mass is 230 g/mol. The van der Waals surface area contributed by atoms with Crippen LogP contribution in [0.3, 0.4) is 0 Å². The molecule has 2 aliphatic rings. The summed E-state index contributed by atoms with van der Waals surface area (Å²) in [6.07, 6.45) is 0. The molecule has 17 heavy (non-hydrogen) atoms. The first kappa shape index (κ1) is 11.2. The Morgan fingerprint density at radius 2 is 2.18 bits per heavy atom. The number of nitrogens with one attached hydrogen (secondary N) is 1. The Kier molecular flexibility index (Phi) is 2.53. The van der Waals surface area contributed by atoms with Crippen LogP contribution < -0.4 is 5.32 Å². The Bertz CT molecular complexity index is 437. The molecule has 2 heterocycles. The Labute approximate surface area is 104 Å². The number of fused-ring (bicyclic) bond motifs is 3. The van der Waals surface area contributed by atoms with Gasteiger partial charge in [0, 0.05) is 37.6 Å². The molecule has 0 aliphatic carbocycles. The number of benzene rings is 1.